The quantitative estimate of drug-likeness (QED) is 0.784. The summed E-state index contributed by atoms with van der Waals surface area (Å²) in [4.78, 5) is 4.59. The number of hydrogen-bond donors (Lipinski definition) is 1. The van der Waals surface area contributed by atoms with Crippen LogP contribution >= 0.6 is 0 Å². The third kappa shape index (κ3) is 1.75. The Bertz CT molecular complexity index is 377. The molecule has 1 saturated carbocycles. The van der Waals surface area contributed by atoms with Gasteiger partial charge < -0.3 is 5.11 Å². The summed E-state index contributed by atoms with van der Waals surface area (Å²) in [6.45, 7) is 0. The second-order valence-corrected chi connectivity index (χ2v) is 5.27. The summed E-state index contributed by atoms with van der Waals surface area (Å²) in [5.74, 6) is 1.28. The number of aromatic nitrogens is 1. The zero-order valence-corrected chi connectivity index (χ0v) is 9.60. The van der Waals surface area contributed by atoms with E-state index in [1.165, 1.54) is 36.9 Å². The summed E-state index contributed by atoms with van der Waals surface area (Å²) in [7, 11) is 0. The maximum absolute atomic E-state index is 9.66. The highest BCUT2D eigenvalue weighted by Crippen LogP contribution is 2.42. The van der Waals surface area contributed by atoms with Crippen LogP contribution in [0.5, 0.6) is 0 Å². The molecule has 1 aromatic heterocycles. The van der Waals surface area contributed by atoms with Crippen LogP contribution in [0.25, 0.3) is 0 Å². The maximum Gasteiger partial charge on any atom is 0.0543 e. The van der Waals surface area contributed by atoms with Crippen molar-refractivity contribution in [1.82, 2.24) is 4.98 Å². The van der Waals surface area contributed by atoms with Gasteiger partial charge in [-0.3, -0.25) is 4.98 Å². The molecule has 0 radical (unpaired) electrons. The first kappa shape index (κ1) is 10.3. The van der Waals surface area contributed by atoms with Gasteiger partial charge in [0.15, 0.2) is 0 Å². The number of aryl methyl sites for hydroxylation is 1. The monoisotopic (exact) mass is 217 g/mol. The molecule has 2 heteroatoms. The van der Waals surface area contributed by atoms with Gasteiger partial charge in [-0.2, -0.15) is 0 Å². The minimum Gasteiger partial charge on any atom is -0.393 e. The molecule has 86 valence electrons. The number of aliphatic hydroxyl groups is 1. The molecule has 3 atom stereocenters. The molecule has 3 unspecified atom stereocenters. The van der Waals surface area contributed by atoms with E-state index in [2.05, 4.69) is 11.1 Å². The average Bonchev–Trinajstić information content (AvgIpc) is 2.75. The Hall–Kier alpha value is -0.890. The summed E-state index contributed by atoms with van der Waals surface area (Å²) in [5.41, 5.74) is 2.77. The molecule has 2 aliphatic rings. The first-order valence-electron chi connectivity index (χ1n) is 6.46. The standard InChI is InChI=1S/C14H19NO/c16-12-7-6-11(9-12)13-5-1-3-10-4-2-8-15-14(10)13/h2,4,8,11-13,16H,1,3,5-7,9H2. The van der Waals surface area contributed by atoms with Gasteiger partial charge in [0.05, 0.1) is 6.10 Å². The summed E-state index contributed by atoms with van der Waals surface area (Å²) in [6.07, 6.45) is 8.76. The molecule has 1 aromatic rings. The lowest BCUT2D eigenvalue weighted by molar-refractivity contribution is 0.174. The van der Waals surface area contributed by atoms with Gasteiger partial charge in [-0.25, -0.2) is 0 Å². The molecule has 0 saturated heterocycles. The molecule has 2 aliphatic carbocycles. The Kier molecular flexibility index (Phi) is 2.68. The van der Waals surface area contributed by atoms with Crippen molar-refractivity contribution >= 4 is 0 Å². The predicted octanol–water partition coefficient (Wildman–Crippen LogP) is 2.66. The van der Waals surface area contributed by atoms with E-state index >= 15 is 0 Å². The molecule has 0 amide bonds. The minimum absolute atomic E-state index is 0.0564. The lowest BCUT2D eigenvalue weighted by Gasteiger charge is -2.28. The molecule has 16 heavy (non-hydrogen) atoms. The van der Waals surface area contributed by atoms with E-state index < -0.39 is 0 Å². The highest BCUT2D eigenvalue weighted by atomic mass is 16.3. The van der Waals surface area contributed by atoms with E-state index in [4.69, 9.17) is 0 Å². The van der Waals surface area contributed by atoms with E-state index in [-0.39, 0.29) is 6.10 Å². The second-order valence-electron chi connectivity index (χ2n) is 5.27. The number of pyridine rings is 1. The van der Waals surface area contributed by atoms with Crippen molar-refractivity contribution in [1.29, 1.82) is 0 Å². The first-order chi connectivity index (χ1) is 7.84. The third-order valence-corrected chi connectivity index (χ3v) is 4.25. The number of aliphatic hydroxyl groups excluding tert-OH is 1. The van der Waals surface area contributed by atoms with Crippen molar-refractivity contribution in [2.75, 3.05) is 0 Å². The topological polar surface area (TPSA) is 33.1 Å². The van der Waals surface area contributed by atoms with Gasteiger partial charge >= 0.3 is 0 Å². The summed E-state index contributed by atoms with van der Waals surface area (Å²) in [6, 6.07) is 4.27. The van der Waals surface area contributed by atoms with Gasteiger partial charge in [-0.15, -0.1) is 0 Å². The second kappa shape index (κ2) is 4.17. The van der Waals surface area contributed by atoms with E-state index in [1.807, 2.05) is 12.3 Å². The molecule has 0 aromatic carbocycles. The van der Waals surface area contributed by atoms with Crippen LogP contribution in [-0.2, 0) is 6.42 Å². The fourth-order valence-corrected chi connectivity index (χ4v) is 3.46. The van der Waals surface area contributed by atoms with Crippen molar-refractivity contribution in [2.45, 2.75) is 50.5 Å². The average molecular weight is 217 g/mol. The van der Waals surface area contributed by atoms with Crippen molar-refractivity contribution < 1.29 is 5.11 Å². The molecule has 0 spiro atoms. The Morgan fingerprint density at radius 3 is 3.00 bits per heavy atom. The van der Waals surface area contributed by atoms with Gasteiger partial charge in [0, 0.05) is 17.8 Å². The van der Waals surface area contributed by atoms with Gasteiger partial charge in [-0.05, 0) is 56.1 Å². The smallest absolute Gasteiger partial charge is 0.0543 e. The van der Waals surface area contributed by atoms with Gasteiger partial charge in [0.25, 0.3) is 0 Å². The van der Waals surface area contributed by atoms with E-state index in [1.54, 1.807) is 0 Å². The zero-order valence-electron chi connectivity index (χ0n) is 9.60. The van der Waals surface area contributed by atoms with Crippen LogP contribution in [0.3, 0.4) is 0 Å². The van der Waals surface area contributed by atoms with E-state index in [0.29, 0.717) is 11.8 Å². The lowest BCUT2D eigenvalue weighted by Crippen LogP contribution is -2.18. The highest BCUT2D eigenvalue weighted by Gasteiger charge is 2.33. The summed E-state index contributed by atoms with van der Waals surface area (Å²) in [5, 5.41) is 9.66. The third-order valence-electron chi connectivity index (χ3n) is 4.25. The van der Waals surface area contributed by atoms with Gasteiger partial charge in [0.1, 0.15) is 0 Å². The molecule has 2 nitrogen and oxygen atoms in total. The molecular weight excluding hydrogens is 198 g/mol. The molecular formula is C14H19NO. The van der Waals surface area contributed by atoms with Gasteiger partial charge in [0.2, 0.25) is 0 Å². The largest absolute Gasteiger partial charge is 0.393 e. The van der Waals surface area contributed by atoms with Crippen molar-refractivity contribution in [2.24, 2.45) is 5.92 Å². The summed E-state index contributed by atoms with van der Waals surface area (Å²) >= 11 is 0. The van der Waals surface area contributed by atoms with Crippen LogP contribution in [0.15, 0.2) is 18.3 Å². The van der Waals surface area contributed by atoms with E-state index in [0.717, 1.165) is 12.8 Å². The Morgan fingerprint density at radius 2 is 2.19 bits per heavy atom. The van der Waals surface area contributed by atoms with Gasteiger partial charge in [-0.1, -0.05) is 6.07 Å². The fraction of sp³-hybridized carbons (Fsp3) is 0.643. The summed E-state index contributed by atoms with van der Waals surface area (Å²) < 4.78 is 0. The van der Waals surface area contributed by atoms with Crippen molar-refractivity contribution in [3.05, 3.63) is 29.6 Å². The predicted molar refractivity (Wildman–Crippen MR) is 63.3 cm³/mol. The van der Waals surface area contributed by atoms with Crippen LogP contribution in [0.1, 0.15) is 49.3 Å². The van der Waals surface area contributed by atoms with Crippen LogP contribution in [0, 0.1) is 5.92 Å². The molecule has 1 fully saturated rings. The number of nitrogens with zero attached hydrogens (tertiary/aromatic N) is 1. The van der Waals surface area contributed by atoms with Crippen molar-refractivity contribution in [3.8, 4) is 0 Å². The van der Waals surface area contributed by atoms with Crippen LogP contribution in [0.2, 0.25) is 0 Å². The molecule has 3 rings (SSSR count). The van der Waals surface area contributed by atoms with Crippen LogP contribution in [-0.4, -0.2) is 16.2 Å². The zero-order chi connectivity index (χ0) is 11.0. The molecule has 1 N–H and O–H groups in total. The molecule has 0 aliphatic heterocycles. The van der Waals surface area contributed by atoms with E-state index in [9.17, 15) is 5.11 Å². The Morgan fingerprint density at radius 1 is 1.25 bits per heavy atom. The van der Waals surface area contributed by atoms with Crippen molar-refractivity contribution in [3.63, 3.8) is 0 Å². The molecule has 1 heterocycles. The molecule has 0 bridgehead atoms. The normalized spacial score (nSPS) is 33.7. The first-order valence-corrected chi connectivity index (χ1v) is 6.46. The SMILES string of the molecule is OC1CCC(C2CCCc3cccnc32)C1. The maximum atomic E-state index is 9.66. The highest BCUT2D eigenvalue weighted by molar-refractivity contribution is 5.26. The number of rotatable bonds is 1. The Balaban J connectivity index is 1.87. The number of hydrogen-bond acceptors (Lipinski definition) is 2. The minimum atomic E-state index is -0.0564. The lowest BCUT2D eigenvalue weighted by atomic mass is 9.78. The number of fused-ring (bicyclic) bond motifs is 1. The fourth-order valence-electron chi connectivity index (χ4n) is 3.46. The van der Waals surface area contributed by atoms with Crippen LogP contribution in [0.4, 0.5) is 0 Å². The van der Waals surface area contributed by atoms with Crippen LogP contribution < -0.4 is 0 Å². The Labute approximate surface area is 96.7 Å².